The van der Waals surface area contributed by atoms with Crippen molar-refractivity contribution >= 4 is 19.7 Å². The minimum Gasteiger partial charge on any atom is -0.342 e. The second kappa shape index (κ2) is 3.92. The predicted octanol–water partition coefficient (Wildman–Crippen LogP) is 2.58. The minimum absolute atomic E-state index is 0.308. The van der Waals surface area contributed by atoms with Crippen molar-refractivity contribution in [3.63, 3.8) is 0 Å². The zero-order valence-electron chi connectivity index (χ0n) is 8.34. The molecule has 2 rings (SSSR count). The Labute approximate surface area is 97.3 Å². The number of halogens is 1. The van der Waals surface area contributed by atoms with E-state index < -0.39 is 9.05 Å². The number of hydrogen-bond donors (Lipinski definition) is 0. The molecular weight excluding hydrogens is 250 g/mol. The topological polar surface area (TPSA) is 60.2 Å². The molecule has 0 saturated heterocycles. The highest BCUT2D eigenvalue weighted by atomic mass is 35.7. The van der Waals surface area contributed by atoms with Crippen molar-refractivity contribution in [1.82, 2.24) is 5.16 Å². The van der Waals surface area contributed by atoms with Crippen LogP contribution in [0.2, 0.25) is 0 Å². The van der Waals surface area contributed by atoms with E-state index in [1.54, 1.807) is 31.2 Å². The van der Waals surface area contributed by atoms with E-state index >= 15 is 0 Å². The van der Waals surface area contributed by atoms with Gasteiger partial charge in [0.1, 0.15) is 0 Å². The van der Waals surface area contributed by atoms with Crippen molar-refractivity contribution in [2.45, 2.75) is 12.0 Å². The molecule has 0 aliphatic heterocycles. The first-order chi connectivity index (χ1) is 7.50. The fourth-order valence-electron chi connectivity index (χ4n) is 1.45. The van der Waals surface area contributed by atoms with E-state index in [4.69, 9.17) is 15.2 Å². The van der Waals surface area contributed by atoms with E-state index in [0.717, 1.165) is 0 Å². The monoisotopic (exact) mass is 257 g/mol. The standard InChI is InChI=1S/C10H8ClNO3S/c1-7-9(8-5-3-2-4-6-8)10(15-12-7)16(11,13)14/h2-6H,1H3. The van der Waals surface area contributed by atoms with Crippen LogP contribution in [0.1, 0.15) is 5.69 Å². The zero-order chi connectivity index (χ0) is 11.8. The van der Waals surface area contributed by atoms with E-state index in [1.807, 2.05) is 6.07 Å². The van der Waals surface area contributed by atoms with E-state index in [-0.39, 0.29) is 5.09 Å². The van der Waals surface area contributed by atoms with Crippen molar-refractivity contribution in [1.29, 1.82) is 0 Å². The van der Waals surface area contributed by atoms with Crippen LogP contribution in [0.25, 0.3) is 11.1 Å². The second-order valence-electron chi connectivity index (χ2n) is 3.23. The first-order valence-electron chi connectivity index (χ1n) is 4.46. The van der Waals surface area contributed by atoms with Gasteiger partial charge in [-0.1, -0.05) is 35.5 Å². The third kappa shape index (κ3) is 1.96. The van der Waals surface area contributed by atoms with Crippen LogP contribution in [0.5, 0.6) is 0 Å². The Hall–Kier alpha value is -1.33. The SMILES string of the molecule is Cc1noc(S(=O)(=O)Cl)c1-c1ccccc1. The molecule has 0 saturated carbocycles. The molecule has 0 aliphatic carbocycles. The number of rotatable bonds is 2. The molecule has 0 amide bonds. The molecule has 84 valence electrons. The van der Waals surface area contributed by atoms with E-state index in [1.165, 1.54) is 0 Å². The number of benzene rings is 1. The largest absolute Gasteiger partial charge is 0.342 e. The zero-order valence-corrected chi connectivity index (χ0v) is 9.92. The summed E-state index contributed by atoms with van der Waals surface area (Å²) < 4.78 is 27.3. The van der Waals surface area contributed by atoms with Crippen molar-refractivity contribution in [3.8, 4) is 11.1 Å². The van der Waals surface area contributed by atoms with Gasteiger partial charge in [-0.15, -0.1) is 0 Å². The van der Waals surface area contributed by atoms with E-state index in [9.17, 15) is 8.42 Å². The number of aromatic nitrogens is 1. The van der Waals surface area contributed by atoms with Gasteiger partial charge >= 0.3 is 0 Å². The van der Waals surface area contributed by atoms with Gasteiger partial charge in [0.25, 0.3) is 14.1 Å². The van der Waals surface area contributed by atoms with Crippen molar-refractivity contribution in [2.75, 3.05) is 0 Å². The highest BCUT2D eigenvalue weighted by molar-refractivity contribution is 8.13. The van der Waals surface area contributed by atoms with Gasteiger partial charge in [-0.2, -0.15) is 0 Å². The average molecular weight is 258 g/mol. The Bertz CT molecular complexity index is 604. The summed E-state index contributed by atoms with van der Waals surface area (Å²) >= 11 is 0. The first kappa shape index (κ1) is 11.2. The van der Waals surface area contributed by atoms with Crippen LogP contribution in [0.4, 0.5) is 0 Å². The molecule has 0 spiro atoms. The van der Waals surface area contributed by atoms with Gasteiger partial charge in [0.05, 0.1) is 11.3 Å². The molecule has 0 radical (unpaired) electrons. The molecule has 1 aromatic heterocycles. The van der Waals surface area contributed by atoms with Gasteiger partial charge in [-0.05, 0) is 12.5 Å². The van der Waals surface area contributed by atoms with Gasteiger partial charge in [-0.3, -0.25) is 0 Å². The Morgan fingerprint density at radius 1 is 1.25 bits per heavy atom. The molecule has 4 nitrogen and oxygen atoms in total. The predicted molar refractivity (Wildman–Crippen MR) is 59.7 cm³/mol. The van der Waals surface area contributed by atoms with Crippen molar-refractivity contribution in [2.24, 2.45) is 0 Å². The molecule has 2 aromatic rings. The van der Waals surface area contributed by atoms with Gasteiger partial charge in [0.15, 0.2) is 0 Å². The number of nitrogens with zero attached hydrogens (tertiary/aromatic N) is 1. The Morgan fingerprint density at radius 2 is 1.88 bits per heavy atom. The fraction of sp³-hybridized carbons (Fsp3) is 0.100. The molecule has 0 aliphatic rings. The summed E-state index contributed by atoms with van der Waals surface area (Å²) in [6.07, 6.45) is 0. The third-order valence-corrected chi connectivity index (χ3v) is 3.26. The summed E-state index contributed by atoms with van der Waals surface area (Å²) in [5.74, 6) is 0. The molecule has 16 heavy (non-hydrogen) atoms. The van der Waals surface area contributed by atoms with Crippen molar-refractivity contribution in [3.05, 3.63) is 36.0 Å². The third-order valence-electron chi connectivity index (χ3n) is 2.12. The van der Waals surface area contributed by atoms with Crippen LogP contribution in [0.15, 0.2) is 39.9 Å². The van der Waals surface area contributed by atoms with Crippen LogP contribution < -0.4 is 0 Å². The maximum absolute atomic E-state index is 11.3. The highest BCUT2D eigenvalue weighted by Gasteiger charge is 2.24. The lowest BCUT2D eigenvalue weighted by atomic mass is 10.1. The lowest BCUT2D eigenvalue weighted by Gasteiger charge is -1.99. The summed E-state index contributed by atoms with van der Waals surface area (Å²) in [6, 6.07) is 8.97. The highest BCUT2D eigenvalue weighted by Crippen LogP contribution is 2.32. The van der Waals surface area contributed by atoms with Crippen LogP contribution in [0, 0.1) is 6.92 Å². The van der Waals surface area contributed by atoms with Crippen LogP contribution in [-0.2, 0) is 9.05 Å². The summed E-state index contributed by atoms with van der Waals surface area (Å²) in [5, 5.41) is 3.31. The lowest BCUT2D eigenvalue weighted by Crippen LogP contribution is -1.91. The molecule has 0 bridgehead atoms. The normalized spacial score (nSPS) is 11.6. The second-order valence-corrected chi connectivity index (χ2v) is 5.70. The summed E-state index contributed by atoms with van der Waals surface area (Å²) in [7, 11) is 1.35. The van der Waals surface area contributed by atoms with E-state index in [2.05, 4.69) is 5.16 Å². The minimum atomic E-state index is -3.92. The number of aryl methyl sites for hydroxylation is 1. The molecular formula is C10H8ClNO3S. The van der Waals surface area contributed by atoms with Gasteiger partial charge < -0.3 is 4.52 Å². The molecule has 0 unspecified atom stereocenters. The van der Waals surface area contributed by atoms with Gasteiger partial charge in [-0.25, -0.2) is 8.42 Å². The smallest absolute Gasteiger partial charge is 0.297 e. The van der Waals surface area contributed by atoms with Crippen LogP contribution in [0.3, 0.4) is 0 Å². The van der Waals surface area contributed by atoms with Gasteiger partial charge in [0.2, 0.25) is 0 Å². The quantitative estimate of drug-likeness (QED) is 0.776. The summed E-state index contributed by atoms with van der Waals surface area (Å²) in [6.45, 7) is 1.66. The Morgan fingerprint density at radius 3 is 2.44 bits per heavy atom. The lowest BCUT2D eigenvalue weighted by molar-refractivity contribution is 0.339. The molecule has 1 heterocycles. The average Bonchev–Trinajstić information content (AvgIpc) is 2.61. The van der Waals surface area contributed by atoms with Crippen LogP contribution in [-0.4, -0.2) is 13.6 Å². The summed E-state index contributed by atoms with van der Waals surface area (Å²) in [5.41, 5.74) is 1.61. The van der Waals surface area contributed by atoms with Crippen LogP contribution >= 0.6 is 10.7 Å². The molecule has 0 atom stereocenters. The maximum Gasteiger partial charge on any atom is 0.297 e. The molecule has 0 fully saturated rings. The summed E-state index contributed by atoms with van der Waals surface area (Å²) in [4.78, 5) is 0. The molecule has 0 N–H and O–H groups in total. The Kier molecular flexibility index (Phi) is 2.73. The molecule has 6 heteroatoms. The van der Waals surface area contributed by atoms with Gasteiger partial charge in [0, 0.05) is 10.7 Å². The van der Waals surface area contributed by atoms with E-state index in [0.29, 0.717) is 16.8 Å². The Balaban J connectivity index is 2.71. The van der Waals surface area contributed by atoms with Crippen molar-refractivity contribution < 1.29 is 12.9 Å². The maximum atomic E-state index is 11.3. The molecule has 1 aromatic carbocycles. The fourth-order valence-corrected chi connectivity index (χ4v) is 2.40. The first-order valence-corrected chi connectivity index (χ1v) is 6.77. The number of hydrogen-bond acceptors (Lipinski definition) is 4.